The highest BCUT2D eigenvalue weighted by Gasteiger charge is 2.06. The third-order valence-corrected chi connectivity index (χ3v) is 4.06. The molecule has 3 aromatic rings. The molecule has 3 rings (SSSR count). The number of thioether (sulfide) groups is 1. The molecule has 106 valence electrons. The fraction of sp³-hybridized carbons (Fsp3) is 0.133. The highest BCUT2D eigenvalue weighted by atomic mass is 32.2. The lowest BCUT2D eigenvalue weighted by Crippen LogP contribution is -2.25. The SMILES string of the molecule is O=c1c2ccccc2nnn1CCSc1ccccc1F. The van der Waals surface area contributed by atoms with Crippen LogP contribution in [0.5, 0.6) is 0 Å². The molecule has 6 heteroatoms. The molecule has 0 unspecified atom stereocenters. The van der Waals surface area contributed by atoms with E-state index >= 15 is 0 Å². The van der Waals surface area contributed by atoms with Gasteiger partial charge in [-0.15, -0.1) is 16.9 Å². The molecule has 0 fully saturated rings. The van der Waals surface area contributed by atoms with E-state index < -0.39 is 0 Å². The van der Waals surface area contributed by atoms with Gasteiger partial charge in [0.05, 0.1) is 11.9 Å². The van der Waals surface area contributed by atoms with Crippen molar-refractivity contribution in [2.24, 2.45) is 0 Å². The summed E-state index contributed by atoms with van der Waals surface area (Å²) in [5.74, 6) is 0.299. The van der Waals surface area contributed by atoms with Crippen LogP contribution < -0.4 is 5.56 Å². The predicted octanol–water partition coefficient (Wildman–Crippen LogP) is 2.72. The molecule has 0 saturated heterocycles. The summed E-state index contributed by atoms with van der Waals surface area (Å²) >= 11 is 1.35. The van der Waals surface area contributed by atoms with Crippen LogP contribution in [0.15, 0.2) is 58.2 Å². The quantitative estimate of drug-likeness (QED) is 0.695. The zero-order chi connectivity index (χ0) is 14.7. The van der Waals surface area contributed by atoms with E-state index in [1.165, 1.54) is 22.5 Å². The molecule has 0 saturated carbocycles. The molecule has 1 aromatic heterocycles. The van der Waals surface area contributed by atoms with E-state index in [1.807, 2.05) is 6.07 Å². The third kappa shape index (κ3) is 2.95. The number of nitrogens with zero attached hydrogens (tertiary/aromatic N) is 3. The highest BCUT2D eigenvalue weighted by molar-refractivity contribution is 7.99. The van der Waals surface area contributed by atoms with E-state index in [0.717, 1.165) is 0 Å². The standard InChI is InChI=1S/C15H12FN3OS/c16-12-6-2-4-8-14(12)21-10-9-19-15(20)11-5-1-3-7-13(11)17-18-19/h1-8H,9-10H2. The average molecular weight is 301 g/mol. The second-order valence-corrected chi connectivity index (χ2v) is 5.55. The first-order valence-electron chi connectivity index (χ1n) is 6.45. The molecule has 0 aliphatic carbocycles. The van der Waals surface area contributed by atoms with Crippen molar-refractivity contribution in [3.05, 3.63) is 64.7 Å². The van der Waals surface area contributed by atoms with Gasteiger partial charge < -0.3 is 0 Å². The Morgan fingerprint density at radius 2 is 1.86 bits per heavy atom. The average Bonchev–Trinajstić information content (AvgIpc) is 2.52. The van der Waals surface area contributed by atoms with Crippen molar-refractivity contribution in [2.45, 2.75) is 11.4 Å². The summed E-state index contributed by atoms with van der Waals surface area (Å²) < 4.78 is 14.8. The zero-order valence-electron chi connectivity index (χ0n) is 11.1. The van der Waals surface area contributed by atoms with Crippen molar-refractivity contribution in [1.29, 1.82) is 0 Å². The van der Waals surface area contributed by atoms with Gasteiger partial charge in [0.2, 0.25) is 0 Å². The van der Waals surface area contributed by atoms with E-state index in [2.05, 4.69) is 10.3 Å². The van der Waals surface area contributed by atoms with Crippen LogP contribution in [0.25, 0.3) is 10.9 Å². The second kappa shape index (κ2) is 6.05. The Bertz CT molecular complexity index is 834. The van der Waals surface area contributed by atoms with Crippen molar-refractivity contribution in [3.63, 3.8) is 0 Å². The Morgan fingerprint density at radius 3 is 2.71 bits per heavy atom. The zero-order valence-corrected chi connectivity index (χ0v) is 11.9. The minimum atomic E-state index is -0.251. The minimum Gasteiger partial charge on any atom is -0.267 e. The van der Waals surface area contributed by atoms with Crippen molar-refractivity contribution >= 4 is 22.7 Å². The smallest absolute Gasteiger partial charge is 0.267 e. The largest absolute Gasteiger partial charge is 0.277 e. The van der Waals surface area contributed by atoms with Crippen LogP contribution in [0, 0.1) is 5.82 Å². The fourth-order valence-electron chi connectivity index (χ4n) is 1.97. The summed E-state index contributed by atoms with van der Waals surface area (Å²) in [5.41, 5.74) is 0.412. The minimum absolute atomic E-state index is 0.172. The van der Waals surface area contributed by atoms with Gasteiger partial charge in [0.25, 0.3) is 5.56 Å². The third-order valence-electron chi connectivity index (χ3n) is 3.03. The maximum absolute atomic E-state index is 13.5. The van der Waals surface area contributed by atoms with E-state index in [9.17, 15) is 9.18 Å². The summed E-state index contributed by atoms with van der Waals surface area (Å²) in [6, 6.07) is 13.7. The first-order valence-corrected chi connectivity index (χ1v) is 7.44. The maximum Gasteiger partial charge on any atom is 0.277 e. The molecule has 0 aliphatic heterocycles. The number of aryl methyl sites for hydroxylation is 1. The lowest BCUT2D eigenvalue weighted by molar-refractivity contribution is 0.583. The molecule has 0 amide bonds. The molecule has 1 heterocycles. The molecule has 2 aromatic carbocycles. The number of aromatic nitrogens is 3. The van der Waals surface area contributed by atoms with E-state index in [-0.39, 0.29) is 11.4 Å². The Morgan fingerprint density at radius 1 is 1.10 bits per heavy atom. The predicted molar refractivity (Wildman–Crippen MR) is 80.9 cm³/mol. The van der Waals surface area contributed by atoms with Gasteiger partial charge in [0, 0.05) is 10.6 Å². The van der Waals surface area contributed by atoms with Gasteiger partial charge in [0.15, 0.2) is 0 Å². The van der Waals surface area contributed by atoms with Gasteiger partial charge in [-0.2, -0.15) is 0 Å². The monoisotopic (exact) mass is 301 g/mol. The van der Waals surface area contributed by atoms with Crippen LogP contribution in [-0.4, -0.2) is 20.7 Å². The van der Waals surface area contributed by atoms with Gasteiger partial charge in [-0.25, -0.2) is 9.07 Å². The van der Waals surface area contributed by atoms with Gasteiger partial charge in [-0.05, 0) is 24.3 Å². The summed E-state index contributed by atoms with van der Waals surface area (Å²) in [4.78, 5) is 12.8. The molecule has 0 atom stereocenters. The summed E-state index contributed by atoms with van der Waals surface area (Å²) in [5, 5.41) is 8.47. The summed E-state index contributed by atoms with van der Waals surface area (Å²) in [6.45, 7) is 0.385. The molecule has 0 N–H and O–H groups in total. The molecule has 4 nitrogen and oxygen atoms in total. The Hall–Kier alpha value is -2.21. The van der Waals surface area contributed by atoms with Crippen molar-refractivity contribution in [1.82, 2.24) is 15.0 Å². The van der Waals surface area contributed by atoms with Crippen molar-refractivity contribution < 1.29 is 4.39 Å². The van der Waals surface area contributed by atoms with E-state index in [1.54, 1.807) is 36.4 Å². The molecule has 0 bridgehead atoms. The Kier molecular flexibility index (Phi) is 3.96. The van der Waals surface area contributed by atoms with Crippen LogP contribution in [0.2, 0.25) is 0 Å². The lowest BCUT2D eigenvalue weighted by atomic mass is 10.2. The molecule has 0 spiro atoms. The van der Waals surface area contributed by atoms with Crippen LogP contribution in [-0.2, 0) is 6.54 Å². The molecule has 0 radical (unpaired) electrons. The van der Waals surface area contributed by atoms with Crippen molar-refractivity contribution in [2.75, 3.05) is 5.75 Å². The topological polar surface area (TPSA) is 47.8 Å². The summed E-state index contributed by atoms with van der Waals surface area (Å²) in [6.07, 6.45) is 0. The molecule has 21 heavy (non-hydrogen) atoms. The van der Waals surface area contributed by atoms with E-state index in [4.69, 9.17) is 0 Å². The van der Waals surface area contributed by atoms with Gasteiger partial charge >= 0.3 is 0 Å². The van der Waals surface area contributed by atoms with Gasteiger partial charge in [-0.1, -0.05) is 29.5 Å². The second-order valence-electron chi connectivity index (χ2n) is 4.41. The number of hydrogen-bond acceptors (Lipinski definition) is 4. The van der Waals surface area contributed by atoms with Gasteiger partial charge in [0.1, 0.15) is 11.3 Å². The van der Waals surface area contributed by atoms with E-state index in [0.29, 0.717) is 28.1 Å². The molecular formula is C15H12FN3OS. The number of fused-ring (bicyclic) bond motifs is 1. The first kappa shape index (κ1) is 13.8. The number of halogens is 1. The fourth-order valence-corrected chi connectivity index (χ4v) is 2.84. The van der Waals surface area contributed by atoms with Crippen LogP contribution in [0.3, 0.4) is 0 Å². The first-order chi connectivity index (χ1) is 10.3. The highest BCUT2D eigenvalue weighted by Crippen LogP contribution is 2.20. The molecule has 0 aliphatic rings. The number of rotatable bonds is 4. The van der Waals surface area contributed by atoms with Crippen LogP contribution >= 0.6 is 11.8 Å². The Balaban J connectivity index is 1.76. The number of benzene rings is 2. The Labute approximate surface area is 124 Å². The summed E-state index contributed by atoms with van der Waals surface area (Å²) in [7, 11) is 0. The maximum atomic E-state index is 13.5. The van der Waals surface area contributed by atoms with Crippen molar-refractivity contribution in [3.8, 4) is 0 Å². The lowest BCUT2D eigenvalue weighted by Gasteiger charge is -2.05. The number of hydrogen-bond donors (Lipinski definition) is 0. The van der Waals surface area contributed by atoms with Crippen LogP contribution in [0.1, 0.15) is 0 Å². The normalized spacial score (nSPS) is 10.9. The molecular weight excluding hydrogens is 289 g/mol. The van der Waals surface area contributed by atoms with Gasteiger partial charge in [-0.3, -0.25) is 4.79 Å². The van der Waals surface area contributed by atoms with Crippen LogP contribution in [0.4, 0.5) is 4.39 Å².